The van der Waals surface area contributed by atoms with E-state index in [0.717, 1.165) is 31.2 Å². The molecule has 0 aliphatic heterocycles. The lowest BCUT2D eigenvalue weighted by Gasteiger charge is -2.21. The summed E-state index contributed by atoms with van der Waals surface area (Å²) in [7, 11) is 0. The number of hydrogen-bond donors (Lipinski definition) is 2. The van der Waals surface area contributed by atoms with E-state index in [0.29, 0.717) is 33.5 Å². The van der Waals surface area contributed by atoms with Gasteiger partial charge < -0.3 is 15.6 Å². The summed E-state index contributed by atoms with van der Waals surface area (Å²) >= 11 is 1.47. The summed E-state index contributed by atoms with van der Waals surface area (Å²) in [5.74, 6) is 0.297. The van der Waals surface area contributed by atoms with Crippen molar-refractivity contribution in [2.45, 2.75) is 52.9 Å². The molecular weight excluding hydrogens is 338 g/mol. The summed E-state index contributed by atoms with van der Waals surface area (Å²) in [6.45, 7) is 5.60. The predicted octanol–water partition coefficient (Wildman–Crippen LogP) is 3.61. The Morgan fingerprint density at radius 3 is 2.72 bits per heavy atom. The Labute approximate surface area is 150 Å². The standard InChI is InChI=1S/C18H23N3O3S/c1-4-5-11-6-7-12-13(8-11)25-18(15(12)16(19)22)20-17(23)14-9(2)21-24-10(14)3/h11H,4-8H2,1-3H3,(H2,19,22)(H,20,23). The zero-order chi connectivity index (χ0) is 18.1. The second kappa shape index (κ2) is 7.00. The van der Waals surface area contributed by atoms with Crippen molar-refractivity contribution in [3.05, 3.63) is 33.0 Å². The van der Waals surface area contributed by atoms with E-state index in [1.54, 1.807) is 13.8 Å². The number of rotatable bonds is 5. The minimum atomic E-state index is -0.486. The molecule has 0 spiro atoms. The lowest BCUT2D eigenvalue weighted by Crippen LogP contribution is -2.20. The van der Waals surface area contributed by atoms with Gasteiger partial charge in [0.05, 0.1) is 11.3 Å². The van der Waals surface area contributed by atoms with Gasteiger partial charge in [-0.2, -0.15) is 0 Å². The van der Waals surface area contributed by atoms with Crippen LogP contribution in [0.15, 0.2) is 4.52 Å². The molecule has 2 amide bonds. The molecule has 25 heavy (non-hydrogen) atoms. The molecule has 0 bridgehead atoms. The Morgan fingerprint density at radius 2 is 2.12 bits per heavy atom. The molecule has 2 heterocycles. The van der Waals surface area contributed by atoms with Crippen molar-refractivity contribution in [2.24, 2.45) is 11.7 Å². The van der Waals surface area contributed by atoms with E-state index < -0.39 is 5.91 Å². The van der Waals surface area contributed by atoms with Crippen molar-refractivity contribution in [1.82, 2.24) is 5.16 Å². The molecule has 0 radical (unpaired) electrons. The zero-order valence-corrected chi connectivity index (χ0v) is 15.6. The molecule has 6 nitrogen and oxygen atoms in total. The summed E-state index contributed by atoms with van der Waals surface area (Å²) in [6, 6.07) is 0. The van der Waals surface area contributed by atoms with E-state index in [1.807, 2.05) is 0 Å². The molecule has 2 aromatic heterocycles. The largest absolute Gasteiger partial charge is 0.365 e. The smallest absolute Gasteiger partial charge is 0.261 e. The number of primary amides is 1. The molecule has 1 aliphatic carbocycles. The Balaban J connectivity index is 1.92. The van der Waals surface area contributed by atoms with E-state index in [9.17, 15) is 9.59 Å². The number of nitrogens with two attached hydrogens (primary N) is 1. The van der Waals surface area contributed by atoms with Crippen LogP contribution in [0.3, 0.4) is 0 Å². The van der Waals surface area contributed by atoms with Gasteiger partial charge in [0.1, 0.15) is 16.3 Å². The SMILES string of the molecule is CCCC1CCc2c(sc(NC(=O)c3c(C)noc3C)c2C(N)=O)C1. The van der Waals surface area contributed by atoms with Crippen molar-refractivity contribution in [3.8, 4) is 0 Å². The number of aromatic nitrogens is 1. The molecule has 1 atom stereocenters. The quantitative estimate of drug-likeness (QED) is 0.850. The van der Waals surface area contributed by atoms with Crippen LogP contribution in [0.1, 0.15) is 68.8 Å². The maximum atomic E-state index is 12.6. The average molecular weight is 361 g/mol. The fourth-order valence-corrected chi connectivity index (χ4v) is 4.99. The average Bonchev–Trinajstić information content (AvgIpc) is 3.06. The maximum Gasteiger partial charge on any atom is 0.261 e. The number of anilines is 1. The Hall–Kier alpha value is -2.15. The molecule has 0 fully saturated rings. The van der Waals surface area contributed by atoms with Gasteiger partial charge in [-0.1, -0.05) is 24.9 Å². The molecule has 1 unspecified atom stereocenters. The highest BCUT2D eigenvalue weighted by Gasteiger charge is 2.29. The van der Waals surface area contributed by atoms with E-state index >= 15 is 0 Å². The summed E-state index contributed by atoms with van der Waals surface area (Å²) in [5, 5.41) is 7.21. The fraction of sp³-hybridized carbons (Fsp3) is 0.500. The Kier molecular flexibility index (Phi) is 4.94. The molecule has 1 aliphatic rings. The summed E-state index contributed by atoms with van der Waals surface area (Å²) in [5.41, 5.74) is 8.03. The number of carbonyl (C=O) groups excluding carboxylic acids is 2. The highest BCUT2D eigenvalue weighted by Crippen LogP contribution is 2.40. The predicted molar refractivity (Wildman–Crippen MR) is 97.2 cm³/mol. The number of amides is 2. The van der Waals surface area contributed by atoms with Crippen LogP contribution in [0, 0.1) is 19.8 Å². The first-order valence-corrected chi connectivity index (χ1v) is 9.42. The fourth-order valence-electron chi connectivity index (χ4n) is 3.63. The molecule has 3 N–H and O–H groups in total. The van der Waals surface area contributed by atoms with Crippen LogP contribution in [0.4, 0.5) is 5.00 Å². The molecule has 3 rings (SSSR count). The minimum absolute atomic E-state index is 0.317. The molecule has 134 valence electrons. The first kappa shape index (κ1) is 17.7. The lowest BCUT2D eigenvalue weighted by atomic mass is 9.84. The number of hydrogen-bond acceptors (Lipinski definition) is 5. The van der Waals surface area contributed by atoms with Crippen LogP contribution in [0.25, 0.3) is 0 Å². The number of nitrogens with zero attached hydrogens (tertiary/aromatic N) is 1. The monoisotopic (exact) mass is 361 g/mol. The molecule has 7 heteroatoms. The summed E-state index contributed by atoms with van der Waals surface area (Å²) in [6.07, 6.45) is 5.20. The Bertz CT molecular complexity index is 802. The van der Waals surface area contributed by atoms with Crippen LogP contribution in [0.2, 0.25) is 0 Å². The van der Waals surface area contributed by atoms with Crippen LogP contribution in [-0.4, -0.2) is 17.0 Å². The van der Waals surface area contributed by atoms with Gasteiger partial charge in [-0.05, 0) is 44.6 Å². The van der Waals surface area contributed by atoms with Crippen LogP contribution in [0.5, 0.6) is 0 Å². The van der Waals surface area contributed by atoms with Crippen LogP contribution in [-0.2, 0) is 12.8 Å². The van der Waals surface area contributed by atoms with Crippen LogP contribution < -0.4 is 11.1 Å². The second-order valence-electron chi connectivity index (χ2n) is 6.62. The van der Waals surface area contributed by atoms with Crippen molar-refractivity contribution < 1.29 is 14.1 Å². The van der Waals surface area contributed by atoms with E-state index in [-0.39, 0.29) is 5.91 Å². The Morgan fingerprint density at radius 1 is 1.36 bits per heavy atom. The highest BCUT2D eigenvalue weighted by atomic mass is 32.1. The van der Waals surface area contributed by atoms with Gasteiger partial charge in [-0.15, -0.1) is 11.3 Å². The zero-order valence-electron chi connectivity index (χ0n) is 14.8. The molecule has 0 saturated heterocycles. The number of carbonyl (C=O) groups is 2. The second-order valence-corrected chi connectivity index (χ2v) is 7.73. The first-order valence-electron chi connectivity index (χ1n) is 8.60. The van der Waals surface area contributed by atoms with Gasteiger partial charge in [-0.25, -0.2) is 0 Å². The van der Waals surface area contributed by atoms with Gasteiger partial charge >= 0.3 is 0 Å². The number of aryl methyl sites for hydroxylation is 2. The van der Waals surface area contributed by atoms with Gasteiger partial charge in [0.25, 0.3) is 11.8 Å². The van der Waals surface area contributed by atoms with Crippen molar-refractivity contribution >= 4 is 28.2 Å². The number of thiophene rings is 1. The van der Waals surface area contributed by atoms with Gasteiger partial charge in [-0.3, -0.25) is 9.59 Å². The van der Waals surface area contributed by atoms with Crippen molar-refractivity contribution in [2.75, 3.05) is 5.32 Å². The molecule has 0 aromatic carbocycles. The van der Waals surface area contributed by atoms with Gasteiger partial charge in [0.2, 0.25) is 0 Å². The molecule has 0 saturated carbocycles. The summed E-state index contributed by atoms with van der Waals surface area (Å²) < 4.78 is 5.05. The van der Waals surface area contributed by atoms with E-state index in [2.05, 4.69) is 17.4 Å². The van der Waals surface area contributed by atoms with Crippen molar-refractivity contribution in [3.63, 3.8) is 0 Å². The van der Waals surface area contributed by atoms with Gasteiger partial charge in [0.15, 0.2) is 0 Å². The maximum absolute atomic E-state index is 12.6. The third kappa shape index (κ3) is 3.33. The molecule has 2 aromatic rings. The van der Waals surface area contributed by atoms with Gasteiger partial charge in [0, 0.05) is 4.88 Å². The normalized spacial score (nSPS) is 16.5. The topological polar surface area (TPSA) is 98.2 Å². The van der Waals surface area contributed by atoms with Crippen LogP contribution >= 0.6 is 11.3 Å². The number of fused-ring (bicyclic) bond motifs is 1. The van der Waals surface area contributed by atoms with E-state index in [1.165, 1.54) is 22.6 Å². The summed E-state index contributed by atoms with van der Waals surface area (Å²) in [4.78, 5) is 25.8. The third-order valence-electron chi connectivity index (χ3n) is 4.80. The lowest BCUT2D eigenvalue weighted by molar-refractivity contribution is 0.1000. The third-order valence-corrected chi connectivity index (χ3v) is 5.97. The minimum Gasteiger partial charge on any atom is -0.365 e. The highest BCUT2D eigenvalue weighted by molar-refractivity contribution is 7.17. The first-order chi connectivity index (χ1) is 11.9. The number of nitrogens with one attached hydrogen (secondary N) is 1. The van der Waals surface area contributed by atoms with E-state index in [4.69, 9.17) is 10.3 Å². The van der Waals surface area contributed by atoms with Crippen molar-refractivity contribution in [1.29, 1.82) is 0 Å². The molecular formula is C18H23N3O3S.